The summed E-state index contributed by atoms with van der Waals surface area (Å²) in [7, 11) is 0. The Hall–Kier alpha value is -2.20. The molecule has 0 heterocycles. The van der Waals surface area contributed by atoms with Crippen LogP contribution < -0.4 is 5.32 Å². The lowest BCUT2D eigenvalue weighted by molar-refractivity contribution is 0.163. The number of hydrogen-bond acceptors (Lipinski definition) is 3. The lowest BCUT2D eigenvalue weighted by atomic mass is 9.87. The van der Waals surface area contributed by atoms with E-state index in [0.29, 0.717) is 17.1 Å². The van der Waals surface area contributed by atoms with Crippen LogP contribution in [0.5, 0.6) is 5.75 Å². The van der Waals surface area contributed by atoms with E-state index < -0.39 is 6.09 Å². The van der Waals surface area contributed by atoms with Gasteiger partial charge in [-0.15, -0.1) is 0 Å². The monoisotopic (exact) mass is 347 g/mol. The molecule has 2 aromatic carbocycles. The van der Waals surface area contributed by atoms with Crippen LogP contribution in [0.4, 0.5) is 10.5 Å². The van der Waals surface area contributed by atoms with Crippen LogP contribution in [-0.2, 0) is 16.6 Å². The minimum atomic E-state index is -0.592. The molecule has 0 bridgehead atoms. The van der Waals surface area contributed by atoms with E-state index in [-0.39, 0.29) is 17.8 Å². The van der Waals surface area contributed by atoms with Gasteiger partial charge in [0.2, 0.25) is 0 Å². The number of rotatable bonds is 4. The Balaban J connectivity index is 1.91. The van der Waals surface area contributed by atoms with Crippen molar-refractivity contribution in [2.45, 2.75) is 32.6 Å². The van der Waals surface area contributed by atoms with Gasteiger partial charge in [0, 0.05) is 11.4 Å². The summed E-state index contributed by atoms with van der Waals surface area (Å²) < 4.78 is 5.17. The molecule has 0 unspecified atom stereocenters. The predicted octanol–water partition coefficient (Wildman–Crippen LogP) is 5.13. The molecule has 2 rings (SSSR count). The fourth-order valence-corrected chi connectivity index (χ4v) is 2.29. The maximum atomic E-state index is 11.9. The molecule has 0 spiro atoms. The van der Waals surface area contributed by atoms with Crippen molar-refractivity contribution in [3.05, 3.63) is 58.6 Å². The second-order valence-corrected chi connectivity index (χ2v) is 7.06. The Morgan fingerprint density at radius 3 is 2.46 bits per heavy atom. The Bertz CT molecular complexity index is 706. The molecule has 0 aliphatic heterocycles. The lowest BCUT2D eigenvalue weighted by Gasteiger charge is -2.20. The van der Waals surface area contributed by atoms with Crippen LogP contribution in [0.15, 0.2) is 42.5 Å². The molecule has 5 heteroatoms. The number of anilines is 1. The highest BCUT2D eigenvalue weighted by Crippen LogP contribution is 2.30. The maximum absolute atomic E-state index is 11.9. The fourth-order valence-electron chi connectivity index (χ4n) is 2.16. The topological polar surface area (TPSA) is 58.6 Å². The van der Waals surface area contributed by atoms with Crippen molar-refractivity contribution in [3.63, 3.8) is 0 Å². The molecule has 0 saturated heterocycles. The van der Waals surface area contributed by atoms with Crippen LogP contribution in [0.2, 0.25) is 5.02 Å². The van der Waals surface area contributed by atoms with Crippen LogP contribution in [0.3, 0.4) is 0 Å². The van der Waals surface area contributed by atoms with E-state index in [9.17, 15) is 9.90 Å². The Morgan fingerprint density at radius 1 is 1.17 bits per heavy atom. The number of nitrogens with one attached hydrogen (secondary N) is 1. The number of phenols is 1. The van der Waals surface area contributed by atoms with Gasteiger partial charge in [-0.2, -0.15) is 0 Å². The zero-order valence-electron chi connectivity index (χ0n) is 14.1. The standard InChI is InChI=1S/C19H22ClNO3/c1-19(2,3)14-6-9-17(22)16(12-14)21-18(23)24-11-10-13-4-7-15(20)8-5-13/h4-9,12,22H,10-11H2,1-3H3,(H,21,23). The highest BCUT2D eigenvalue weighted by molar-refractivity contribution is 6.30. The number of carbonyl (C=O) groups excluding carboxylic acids is 1. The van der Waals surface area contributed by atoms with Crippen LogP contribution in [0.1, 0.15) is 31.9 Å². The first-order valence-corrected chi connectivity index (χ1v) is 8.15. The number of halogens is 1. The normalized spacial score (nSPS) is 11.2. The third kappa shape index (κ3) is 5.17. The van der Waals surface area contributed by atoms with E-state index in [1.807, 2.05) is 18.2 Å². The summed E-state index contributed by atoms with van der Waals surface area (Å²) >= 11 is 5.83. The second-order valence-electron chi connectivity index (χ2n) is 6.62. The number of ether oxygens (including phenoxy) is 1. The number of benzene rings is 2. The van der Waals surface area contributed by atoms with Gasteiger partial charge < -0.3 is 9.84 Å². The summed E-state index contributed by atoms with van der Waals surface area (Å²) in [5.41, 5.74) is 2.31. The minimum absolute atomic E-state index is 0.0117. The highest BCUT2D eigenvalue weighted by atomic mass is 35.5. The van der Waals surface area contributed by atoms with Crippen molar-refractivity contribution in [3.8, 4) is 5.75 Å². The van der Waals surface area contributed by atoms with Crippen LogP contribution in [0.25, 0.3) is 0 Å². The zero-order valence-corrected chi connectivity index (χ0v) is 14.9. The number of amides is 1. The summed E-state index contributed by atoms with van der Waals surface area (Å²) in [5.74, 6) is 0.0117. The summed E-state index contributed by atoms with van der Waals surface area (Å²) in [4.78, 5) is 11.9. The van der Waals surface area contributed by atoms with E-state index in [4.69, 9.17) is 16.3 Å². The molecule has 0 radical (unpaired) electrons. The lowest BCUT2D eigenvalue weighted by Crippen LogP contribution is -2.17. The quantitative estimate of drug-likeness (QED) is 0.753. The molecular formula is C19H22ClNO3. The molecule has 0 aliphatic rings. The third-order valence-electron chi connectivity index (χ3n) is 3.64. The van der Waals surface area contributed by atoms with Gasteiger partial charge in [0.15, 0.2) is 0 Å². The summed E-state index contributed by atoms with van der Waals surface area (Å²) in [5, 5.41) is 13.2. The van der Waals surface area contributed by atoms with Gasteiger partial charge in [0.1, 0.15) is 5.75 Å². The average molecular weight is 348 g/mol. The van der Waals surface area contributed by atoms with E-state index in [1.54, 1.807) is 24.3 Å². The molecule has 0 fully saturated rings. The van der Waals surface area contributed by atoms with Gasteiger partial charge in [-0.05, 0) is 40.8 Å². The van der Waals surface area contributed by atoms with Crippen molar-refractivity contribution in [2.75, 3.05) is 11.9 Å². The van der Waals surface area contributed by atoms with Crippen molar-refractivity contribution < 1.29 is 14.6 Å². The molecule has 24 heavy (non-hydrogen) atoms. The largest absolute Gasteiger partial charge is 0.506 e. The fraction of sp³-hybridized carbons (Fsp3) is 0.316. The number of carbonyl (C=O) groups is 1. The number of aromatic hydroxyl groups is 1. The van der Waals surface area contributed by atoms with E-state index in [0.717, 1.165) is 11.1 Å². The first kappa shape index (κ1) is 18.1. The summed E-state index contributed by atoms with van der Waals surface area (Å²) in [6, 6.07) is 12.6. The number of hydrogen-bond donors (Lipinski definition) is 2. The molecule has 0 aromatic heterocycles. The first-order valence-electron chi connectivity index (χ1n) is 7.77. The smallest absolute Gasteiger partial charge is 0.411 e. The molecule has 2 aromatic rings. The summed E-state index contributed by atoms with van der Waals surface area (Å²) in [6.07, 6.45) is 0.00354. The van der Waals surface area contributed by atoms with Crippen molar-refractivity contribution in [2.24, 2.45) is 0 Å². The van der Waals surface area contributed by atoms with Crippen LogP contribution in [-0.4, -0.2) is 17.8 Å². The van der Waals surface area contributed by atoms with Gasteiger partial charge in [-0.25, -0.2) is 4.79 Å². The highest BCUT2D eigenvalue weighted by Gasteiger charge is 2.16. The van der Waals surface area contributed by atoms with Gasteiger partial charge in [0.05, 0.1) is 12.3 Å². The third-order valence-corrected chi connectivity index (χ3v) is 3.89. The van der Waals surface area contributed by atoms with Gasteiger partial charge in [-0.3, -0.25) is 5.32 Å². The van der Waals surface area contributed by atoms with Crippen molar-refractivity contribution in [1.29, 1.82) is 0 Å². The summed E-state index contributed by atoms with van der Waals surface area (Å²) in [6.45, 7) is 6.43. The average Bonchev–Trinajstić information content (AvgIpc) is 2.50. The molecule has 0 atom stereocenters. The minimum Gasteiger partial charge on any atom is -0.506 e. The Kier molecular flexibility index (Phi) is 5.73. The SMILES string of the molecule is CC(C)(C)c1ccc(O)c(NC(=O)OCCc2ccc(Cl)cc2)c1. The van der Waals surface area contributed by atoms with Crippen LogP contribution in [0, 0.1) is 0 Å². The van der Waals surface area contributed by atoms with Crippen LogP contribution >= 0.6 is 11.6 Å². The predicted molar refractivity (Wildman–Crippen MR) is 96.9 cm³/mol. The molecule has 1 amide bonds. The van der Waals surface area contributed by atoms with Gasteiger partial charge >= 0.3 is 6.09 Å². The van der Waals surface area contributed by atoms with Crippen molar-refractivity contribution >= 4 is 23.4 Å². The van der Waals surface area contributed by atoms with Gasteiger partial charge in [0.25, 0.3) is 0 Å². The second kappa shape index (κ2) is 7.58. The molecule has 128 valence electrons. The number of phenolic OH excluding ortho intramolecular Hbond substituents is 1. The van der Waals surface area contributed by atoms with Gasteiger partial charge in [-0.1, -0.05) is 50.6 Å². The molecule has 0 aliphatic carbocycles. The molecule has 2 N–H and O–H groups in total. The van der Waals surface area contributed by atoms with E-state index in [2.05, 4.69) is 26.1 Å². The van der Waals surface area contributed by atoms with Crippen molar-refractivity contribution in [1.82, 2.24) is 0 Å². The maximum Gasteiger partial charge on any atom is 0.411 e. The molecular weight excluding hydrogens is 326 g/mol. The Morgan fingerprint density at radius 2 is 1.83 bits per heavy atom. The first-order chi connectivity index (χ1) is 11.3. The van der Waals surface area contributed by atoms with E-state index >= 15 is 0 Å². The molecule has 4 nitrogen and oxygen atoms in total. The molecule has 0 saturated carbocycles. The zero-order chi connectivity index (χ0) is 17.7. The van der Waals surface area contributed by atoms with E-state index in [1.165, 1.54) is 0 Å². The Labute approximate surface area is 147 Å².